The van der Waals surface area contributed by atoms with Gasteiger partial charge in [-0.2, -0.15) is 9.97 Å². The molecular formula is C23H33ClN5O8P. The lowest BCUT2D eigenvalue weighted by Gasteiger charge is -2.27. The summed E-state index contributed by atoms with van der Waals surface area (Å²) in [5.41, 5.74) is 1.04. The second-order valence-electron chi connectivity index (χ2n) is 9.98. The van der Waals surface area contributed by atoms with Crippen LogP contribution in [0.1, 0.15) is 46.8 Å². The highest BCUT2D eigenvalue weighted by molar-refractivity contribution is 7.59. The predicted molar refractivity (Wildman–Crippen MR) is 136 cm³/mol. The van der Waals surface area contributed by atoms with Crippen molar-refractivity contribution < 1.29 is 37.6 Å². The zero-order valence-corrected chi connectivity index (χ0v) is 23.6. The molecule has 2 aliphatic heterocycles. The van der Waals surface area contributed by atoms with Gasteiger partial charge >= 0.3 is 5.97 Å². The predicted octanol–water partition coefficient (Wildman–Crippen LogP) is 3.32. The maximum absolute atomic E-state index is 13.1. The minimum atomic E-state index is -3.49. The third-order valence-corrected chi connectivity index (χ3v) is 8.58. The van der Waals surface area contributed by atoms with Crippen LogP contribution in [0.15, 0.2) is 6.33 Å². The fraction of sp³-hybridized carbons (Fsp3) is 0.739. The van der Waals surface area contributed by atoms with Gasteiger partial charge in [-0.3, -0.25) is 9.13 Å². The van der Waals surface area contributed by atoms with Gasteiger partial charge in [0.2, 0.25) is 18.5 Å². The van der Waals surface area contributed by atoms with E-state index >= 15 is 0 Å². The van der Waals surface area contributed by atoms with Crippen molar-refractivity contribution in [2.24, 2.45) is 0 Å². The van der Waals surface area contributed by atoms with Crippen LogP contribution in [0.3, 0.4) is 0 Å². The summed E-state index contributed by atoms with van der Waals surface area (Å²) in [5.74, 6) is -2.50. The SMILES string of the molecule is CCOC(=O)C(OC[C@H]1OC(n2cnc3c(NC4CC4)nc(Cl)nc32)[C@@H]2OC(C)(C)O[C@H]12)P(C)(=O)OCC. The lowest BCUT2D eigenvalue weighted by molar-refractivity contribution is -0.203. The molecule has 0 spiro atoms. The molecule has 210 valence electrons. The first-order valence-electron chi connectivity index (χ1n) is 12.7. The molecule has 0 radical (unpaired) electrons. The number of anilines is 1. The van der Waals surface area contributed by atoms with Gasteiger partial charge in [-0.25, -0.2) is 9.78 Å². The van der Waals surface area contributed by atoms with E-state index in [4.69, 9.17) is 39.8 Å². The average Bonchev–Trinajstić information content (AvgIpc) is 3.32. The Bertz CT molecular complexity index is 1240. The second kappa shape index (κ2) is 10.6. The number of hydrogen-bond donors (Lipinski definition) is 1. The minimum Gasteiger partial charge on any atom is -0.464 e. The number of nitrogens with zero attached hydrogens (tertiary/aromatic N) is 4. The molecule has 0 bridgehead atoms. The van der Waals surface area contributed by atoms with E-state index in [-0.39, 0.29) is 25.1 Å². The number of ether oxygens (including phenoxy) is 5. The molecule has 1 N–H and O–H groups in total. The third kappa shape index (κ3) is 5.56. The van der Waals surface area contributed by atoms with E-state index in [2.05, 4.69) is 20.3 Å². The van der Waals surface area contributed by atoms with Gasteiger partial charge in [0.05, 0.1) is 26.1 Å². The van der Waals surface area contributed by atoms with Crippen LogP contribution in [0.25, 0.3) is 11.2 Å². The molecule has 3 unspecified atom stereocenters. The molecule has 1 saturated carbocycles. The Hall–Kier alpha value is -1.86. The molecule has 3 aliphatic rings. The Kier molecular flexibility index (Phi) is 7.73. The highest BCUT2D eigenvalue weighted by Crippen LogP contribution is 2.50. The van der Waals surface area contributed by atoms with Crippen molar-refractivity contribution in [1.82, 2.24) is 19.5 Å². The molecule has 6 atom stereocenters. The molecule has 5 rings (SSSR count). The standard InChI is InChI=1S/C23H33ClN5O8P/c1-6-32-20(30)21(38(5,31)34-7-2)33-10-13-15-16(37-23(3,4)36-15)19(35-13)29-11-25-14-17(26-12-8-9-12)27-22(24)28-18(14)29/h11-13,15-16,19,21H,6-10H2,1-5H3,(H,26,27,28)/t13-,15-,16-,19?,21?,38?/m1/s1. The average molecular weight is 574 g/mol. The van der Waals surface area contributed by atoms with E-state index in [0.717, 1.165) is 12.8 Å². The Labute approximate surface area is 225 Å². The minimum absolute atomic E-state index is 0.0765. The summed E-state index contributed by atoms with van der Waals surface area (Å²) >= 11 is 6.25. The lowest BCUT2D eigenvalue weighted by Crippen LogP contribution is -2.36. The topological polar surface area (TPSA) is 145 Å². The van der Waals surface area contributed by atoms with Gasteiger partial charge in [-0.05, 0) is 52.1 Å². The number of hydrogen-bond acceptors (Lipinski definition) is 12. The van der Waals surface area contributed by atoms with Crippen LogP contribution in [0.5, 0.6) is 0 Å². The molecule has 4 heterocycles. The summed E-state index contributed by atoms with van der Waals surface area (Å²) in [5, 5.41) is 3.42. The first kappa shape index (κ1) is 27.7. The van der Waals surface area contributed by atoms with Crippen LogP contribution in [0.2, 0.25) is 5.28 Å². The van der Waals surface area contributed by atoms with Gasteiger partial charge in [0.15, 0.2) is 29.0 Å². The molecule has 1 aliphatic carbocycles. The van der Waals surface area contributed by atoms with Crippen LogP contribution >= 0.6 is 19.0 Å². The van der Waals surface area contributed by atoms with E-state index in [1.54, 1.807) is 38.6 Å². The van der Waals surface area contributed by atoms with Crippen molar-refractivity contribution >= 4 is 41.9 Å². The Morgan fingerprint density at radius 1 is 1.26 bits per heavy atom. The molecule has 0 amide bonds. The van der Waals surface area contributed by atoms with Crippen molar-refractivity contribution in [3.8, 4) is 0 Å². The highest BCUT2D eigenvalue weighted by atomic mass is 35.5. The number of fused-ring (bicyclic) bond motifs is 2. The van der Waals surface area contributed by atoms with E-state index in [9.17, 15) is 9.36 Å². The number of rotatable bonds is 11. The Morgan fingerprint density at radius 2 is 2.00 bits per heavy atom. The number of aromatic nitrogens is 4. The molecule has 15 heteroatoms. The Morgan fingerprint density at radius 3 is 2.68 bits per heavy atom. The van der Waals surface area contributed by atoms with Crippen molar-refractivity contribution in [2.75, 3.05) is 31.8 Å². The van der Waals surface area contributed by atoms with E-state index in [1.165, 1.54) is 6.66 Å². The first-order valence-corrected chi connectivity index (χ1v) is 15.2. The summed E-state index contributed by atoms with van der Waals surface area (Å²) in [6, 6.07) is 0.342. The largest absolute Gasteiger partial charge is 0.464 e. The van der Waals surface area contributed by atoms with Crippen molar-refractivity contribution in [1.29, 1.82) is 0 Å². The monoisotopic (exact) mass is 573 g/mol. The van der Waals surface area contributed by atoms with E-state index in [1.807, 2.05) is 0 Å². The highest BCUT2D eigenvalue weighted by Gasteiger charge is 2.56. The number of imidazole rings is 1. The van der Waals surface area contributed by atoms with Gasteiger partial charge in [-0.1, -0.05) is 0 Å². The molecular weight excluding hydrogens is 541 g/mol. The van der Waals surface area contributed by atoms with Crippen LogP contribution < -0.4 is 5.32 Å². The number of carbonyl (C=O) groups is 1. The van der Waals surface area contributed by atoms with Gasteiger partial charge in [0, 0.05) is 12.7 Å². The van der Waals surface area contributed by atoms with Gasteiger partial charge in [-0.15, -0.1) is 0 Å². The van der Waals surface area contributed by atoms with Crippen LogP contribution in [-0.4, -0.2) is 88.0 Å². The summed E-state index contributed by atoms with van der Waals surface area (Å²) in [4.78, 5) is 25.8. The smallest absolute Gasteiger partial charge is 0.345 e. The fourth-order valence-corrected chi connectivity index (χ4v) is 6.36. The van der Waals surface area contributed by atoms with Crippen molar-refractivity contribution in [2.45, 2.75) is 82.8 Å². The summed E-state index contributed by atoms with van der Waals surface area (Å²) in [7, 11) is -3.49. The third-order valence-electron chi connectivity index (χ3n) is 6.43. The van der Waals surface area contributed by atoms with Gasteiger partial charge in [0.25, 0.3) is 0 Å². The number of nitrogens with one attached hydrogen (secondary N) is 1. The molecule has 0 aromatic carbocycles. The number of esters is 1. The molecule has 3 fully saturated rings. The van der Waals surface area contributed by atoms with Gasteiger partial charge < -0.3 is 33.5 Å². The van der Waals surface area contributed by atoms with Gasteiger partial charge in [0.1, 0.15) is 18.3 Å². The molecule has 38 heavy (non-hydrogen) atoms. The van der Waals surface area contributed by atoms with Crippen LogP contribution in [-0.2, 0) is 37.6 Å². The van der Waals surface area contributed by atoms with E-state index in [0.29, 0.717) is 23.0 Å². The van der Waals surface area contributed by atoms with Crippen LogP contribution in [0, 0.1) is 0 Å². The van der Waals surface area contributed by atoms with Crippen LogP contribution in [0.4, 0.5) is 5.82 Å². The lowest BCUT2D eigenvalue weighted by atomic mass is 10.1. The van der Waals surface area contributed by atoms with Crippen molar-refractivity contribution in [3.05, 3.63) is 11.6 Å². The zero-order valence-electron chi connectivity index (χ0n) is 22.0. The molecule has 2 saturated heterocycles. The number of halogens is 1. The Balaban J connectivity index is 1.41. The number of carbonyl (C=O) groups excluding carboxylic acids is 1. The molecule has 13 nitrogen and oxygen atoms in total. The summed E-state index contributed by atoms with van der Waals surface area (Å²) in [6.07, 6.45) is 1.24. The molecule has 2 aromatic rings. The second-order valence-corrected chi connectivity index (χ2v) is 12.9. The normalized spacial score (nSPS) is 28.7. The first-order chi connectivity index (χ1) is 18.0. The maximum Gasteiger partial charge on any atom is 0.345 e. The maximum atomic E-state index is 13.1. The summed E-state index contributed by atoms with van der Waals surface area (Å²) < 4.78 is 49.9. The quantitative estimate of drug-likeness (QED) is 0.239. The van der Waals surface area contributed by atoms with E-state index < -0.39 is 49.5 Å². The van der Waals surface area contributed by atoms with Crippen molar-refractivity contribution in [3.63, 3.8) is 0 Å². The zero-order chi connectivity index (χ0) is 27.2. The molecule has 2 aromatic heterocycles. The fourth-order valence-electron chi connectivity index (χ4n) is 4.73. The summed E-state index contributed by atoms with van der Waals surface area (Å²) in [6.45, 7) is 8.46.